The van der Waals surface area contributed by atoms with Crippen molar-refractivity contribution < 1.29 is 33.7 Å². The lowest BCUT2D eigenvalue weighted by molar-refractivity contribution is -0.136. The van der Waals surface area contributed by atoms with Crippen molar-refractivity contribution in [3.05, 3.63) is 125 Å². The highest BCUT2D eigenvalue weighted by molar-refractivity contribution is 6.05. The average molecular weight is 718 g/mol. The van der Waals surface area contributed by atoms with Gasteiger partial charge >= 0.3 is 0 Å². The van der Waals surface area contributed by atoms with Gasteiger partial charge in [0.1, 0.15) is 24.1 Å². The van der Waals surface area contributed by atoms with Crippen molar-refractivity contribution in [2.45, 2.75) is 51.6 Å². The van der Waals surface area contributed by atoms with Crippen LogP contribution in [-0.2, 0) is 25.6 Å². The molecule has 0 bridgehead atoms. The molecule has 10 heteroatoms. The lowest BCUT2D eigenvalue weighted by Crippen LogP contribution is -2.52. The van der Waals surface area contributed by atoms with E-state index in [9.17, 15) is 19.5 Å². The van der Waals surface area contributed by atoms with Crippen molar-refractivity contribution in [1.29, 1.82) is 0 Å². The number of nitrogens with zero attached hydrogens (tertiary/aromatic N) is 1. The quantitative estimate of drug-likeness (QED) is 0.0582. The minimum atomic E-state index is -0.611. The number of benzene rings is 4. The molecule has 4 aromatic rings. The van der Waals surface area contributed by atoms with Crippen LogP contribution in [0.3, 0.4) is 0 Å². The van der Waals surface area contributed by atoms with Crippen LogP contribution >= 0.6 is 0 Å². The molecule has 1 saturated heterocycles. The Balaban J connectivity index is 0.855. The predicted molar refractivity (Wildman–Crippen MR) is 205 cm³/mol. The molecule has 1 atom stereocenters. The summed E-state index contributed by atoms with van der Waals surface area (Å²) in [6.07, 6.45) is 3.06. The number of phenolic OH excluding ortho intramolecular Hbond substituents is 1. The monoisotopic (exact) mass is 717 g/mol. The van der Waals surface area contributed by atoms with E-state index in [4.69, 9.17) is 14.2 Å². The minimum Gasteiger partial charge on any atom is -0.508 e. The van der Waals surface area contributed by atoms with E-state index in [1.165, 1.54) is 11.1 Å². The molecule has 3 amide bonds. The Bertz CT molecular complexity index is 1890. The van der Waals surface area contributed by atoms with Crippen LogP contribution in [0, 0.1) is 0 Å². The number of hydrogen-bond donors (Lipinski definition) is 3. The van der Waals surface area contributed by atoms with Crippen LogP contribution in [0.15, 0.2) is 97.1 Å². The van der Waals surface area contributed by atoms with Crippen molar-refractivity contribution >= 4 is 34.6 Å². The first kappa shape index (κ1) is 37.3. The number of piperidine rings is 1. The summed E-state index contributed by atoms with van der Waals surface area (Å²) < 4.78 is 17.5. The fourth-order valence-corrected chi connectivity index (χ4v) is 6.80. The highest BCUT2D eigenvalue weighted by Crippen LogP contribution is 2.36. The molecule has 276 valence electrons. The Hall–Kier alpha value is -5.45. The lowest BCUT2D eigenvalue weighted by Gasteiger charge is -2.29. The van der Waals surface area contributed by atoms with E-state index in [0.29, 0.717) is 51.6 Å². The number of amides is 3. The Morgan fingerprint density at radius 1 is 0.811 bits per heavy atom. The maximum absolute atomic E-state index is 12.9. The van der Waals surface area contributed by atoms with E-state index >= 15 is 0 Å². The maximum Gasteiger partial charge on any atom is 0.255 e. The van der Waals surface area contributed by atoms with Crippen LogP contribution in [0.4, 0.5) is 5.69 Å². The van der Waals surface area contributed by atoms with E-state index < -0.39 is 11.9 Å². The average Bonchev–Trinajstić information content (AvgIpc) is 3.50. The normalized spacial score (nSPS) is 15.9. The molecule has 3 N–H and O–H groups in total. The van der Waals surface area contributed by atoms with Crippen molar-refractivity contribution in [2.75, 3.05) is 44.9 Å². The number of carbonyl (C=O) groups excluding carboxylic acids is 3. The number of rotatable bonds is 18. The zero-order valence-corrected chi connectivity index (χ0v) is 30.1. The highest BCUT2D eigenvalue weighted by atomic mass is 16.5. The van der Waals surface area contributed by atoms with Crippen LogP contribution in [0.5, 0.6) is 11.5 Å². The molecule has 0 aliphatic carbocycles. The molecule has 4 aromatic carbocycles. The fraction of sp³-hybridized carbons (Fsp3) is 0.326. The molecule has 53 heavy (non-hydrogen) atoms. The number of carbonyl (C=O) groups is 3. The zero-order valence-electron chi connectivity index (χ0n) is 30.1. The minimum absolute atomic E-state index is 0.170. The van der Waals surface area contributed by atoms with Crippen LogP contribution < -0.4 is 15.4 Å². The Morgan fingerprint density at radius 3 is 2.23 bits per heavy atom. The third-order valence-corrected chi connectivity index (χ3v) is 9.47. The van der Waals surface area contributed by atoms with Gasteiger partial charge in [0.2, 0.25) is 11.8 Å². The van der Waals surface area contributed by atoms with Gasteiger partial charge in [-0.15, -0.1) is 0 Å². The molecule has 6 rings (SSSR count). The van der Waals surface area contributed by atoms with Gasteiger partial charge in [-0.1, -0.05) is 61.5 Å². The van der Waals surface area contributed by atoms with Gasteiger partial charge in [0.05, 0.1) is 6.61 Å². The third kappa shape index (κ3) is 9.71. The number of nitrogens with one attached hydrogen (secondary N) is 2. The van der Waals surface area contributed by atoms with Gasteiger partial charge < -0.3 is 29.5 Å². The van der Waals surface area contributed by atoms with Gasteiger partial charge in [-0.05, 0) is 102 Å². The topological polar surface area (TPSA) is 126 Å². The number of anilines is 1. The van der Waals surface area contributed by atoms with Gasteiger partial charge in [-0.2, -0.15) is 0 Å². The zero-order chi connectivity index (χ0) is 37.0. The molecule has 2 aliphatic rings. The molecular formula is C43H47N3O7. The van der Waals surface area contributed by atoms with Crippen molar-refractivity contribution in [3.8, 4) is 11.5 Å². The number of allylic oxidation sites excluding steroid dienone is 1. The van der Waals surface area contributed by atoms with Crippen LogP contribution in [-0.4, -0.2) is 73.3 Å². The number of aromatic hydroxyl groups is 1. The Morgan fingerprint density at radius 2 is 1.51 bits per heavy atom. The van der Waals surface area contributed by atoms with Crippen molar-refractivity contribution in [2.24, 2.45) is 0 Å². The van der Waals surface area contributed by atoms with Gasteiger partial charge in [-0.3, -0.25) is 19.7 Å². The summed E-state index contributed by atoms with van der Waals surface area (Å²) in [5.41, 5.74) is 8.06. The smallest absolute Gasteiger partial charge is 0.255 e. The highest BCUT2D eigenvalue weighted by Gasteiger charge is 2.39. The summed E-state index contributed by atoms with van der Waals surface area (Å²) >= 11 is 0. The number of ether oxygens (including phenoxy) is 3. The Labute approximate surface area is 310 Å². The molecular weight excluding hydrogens is 670 g/mol. The van der Waals surface area contributed by atoms with Crippen molar-refractivity contribution in [1.82, 2.24) is 10.2 Å². The number of phenols is 1. The van der Waals surface area contributed by atoms with Crippen molar-refractivity contribution in [3.63, 3.8) is 0 Å². The van der Waals surface area contributed by atoms with Crippen LogP contribution in [0.2, 0.25) is 0 Å². The Kier molecular flexibility index (Phi) is 12.9. The van der Waals surface area contributed by atoms with Crippen LogP contribution in [0.1, 0.15) is 71.6 Å². The molecule has 0 spiro atoms. The van der Waals surface area contributed by atoms with E-state index in [2.05, 4.69) is 54.0 Å². The summed E-state index contributed by atoms with van der Waals surface area (Å²) in [7, 11) is 0. The molecule has 2 heterocycles. The molecule has 2 aliphatic heterocycles. The van der Waals surface area contributed by atoms with E-state index in [1.807, 2.05) is 42.5 Å². The summed E-state index contributed by atoms with van der Waals surface area (Å²) in [5, 5.41) is 15.6. The maximum atomic E-state index is 12.9. The summed E-state index contributed by atoms with van der Waals surface area (Å²) in [6.45, 7) is 5.99. The van der Waals surface area contributed by atoms with E-state index in [-0.39, 0.29) is 24.0 Å². The summed E-state index contributed by atoms with van der Waals surface area (Å²) in [5.74, 6) is 0.155. The molecule has 10 nitrogen and oxygen atoms in total. The SMILES string of the molecule is CC/C(=C(\c1ccc(O)cc1)c1ccc(OCCOCCCOCCCNc2ccc3c(c2)CN(C2CCC(=O)NC2=O)C3=O)cc1)c1ccccc1. The standard InChI is InChI=1S/C43H47N3O7/c1-2-37(30-8-4-3-5-9-30)41(31-10-15-35(47)16-11-31)32-12-17-36(18-13-32)53-27-26-52-25-7-24-51-23-6-22-44-34-14-19-38-33(28-34)29-46(43(38)50)39-20-21-40(48)45-42(39)49/h3-5,8-19,28,39,44,47H,2,6-7,20-27,29H2,1H3,(H,45,48,49)/b41-37-. The van der Waals surface area contributed by atoms with E-state index in [0.717, 1.165) is 59.5 Å². The molecule has 1 fully saturated rings. The number of hydrogen-bond acceptors (Lipinski definition) is 8. The van der Waals surface area contributed by atoms with Gasteiger partial charge in [0.15, 0.2) is 0 Å². The first-order chi connectivity index (χ1) is 25.9. The third-order valence-electron chi connectivity index (χ3n) is 9.47. The summed E-state index contributed by atoms with van der Waals surface area (Å²) in [6, 6.07) is 30.9. The van der Waals surface area contributed by atoms with Gasteiger partial charge in [0, 0.05) is 50.6 Å². The number of fused-ring (bicyclic) bond motifs is 1. The fourth-order valence-electron chi connectivity index (χ4n) is 6.80. The van der Waals surface area contributed by atoms with Crippen LogP contribution in [0.25, 0.3) is 11.1 Å². The predicted octanol–water partition coefficient (Wildman–Crippen LogP) is 6.83. The second-order valence-corrected chi connectivity index (χ2v) is 13.1. The van der Waals surface area contributed by atoms with Gasteiger partial charge in [-0.25, -0.2) is 0 Å². The van der Waals surface area contributed by atoms with E-state index in [1.54, 1.807) is 23.1 Å². The lowest BCUT2D eigenvalue weighted by atomic mass is 9.88. The summed E-state index contributed by atoms with van der Waals surface area (Å²) in [4.78, 5) is 38.2. The first-order valence-electron chi connectivity index (χ1n) is 18.4. The molecule has 0 saturated carbocycles. The molecule has 0 aromatic heterocycles. The second kappa shape index (κ2) is 18.3. The first-order valence-corrected chi connectivity index (χ1v) is 18.4. The molecule has 0 radical (unpaired) electrons. The molecule has 1 unspecified atom stereocenters. The largest absolute Gasteiger partial charge is 0.508 e. The van der Waals surface area contributed by atoms with Gasteiger partial charge in [0.25, 0.3) is 5.91 Å². The number of imide groups is 1. The second-order valence-electron chi connectivity index (χ2n) is 13.1.